The van der Waals surface area contributed by atoms with E-state index in [0.717, 1.165) is 45.4 Å². The molecule has 0 aromatic rings. The summed E-state index contributed by atoms with van der Waals surface area (Å²) in [5, 5.41) is 13.7. The van der Waals surface area contributed by atoms with Gasteiger partial charge in [-0.2, -0.15) is 0 Å². The molecule has 0 aromatic carbocycles. The molecule has 2 saturated carbocycles. The van der Waals surface area contributed by atoms with Crippen LogP contribution in [0.3, 0.4) is 0 Å². The minimum Gasteiger partial charge on any atom is -0.392 e. The molecule has 0 radical (unpaired) electrons. The number of hydrogen-bond acceptors (Lipinski definition) is 3. The minimum atomic E-state index is -0.505. The summed E-state index contributed by atoms with van der Waals surface area (Å²) in [6.45, 7) is 7.69. The highest BCUT2D eigenvalue weighted by atomic mass is 16.3. The van der Waals surface area contributed by atoms with Crippen LogP contribution < -0.4 is 5.32 Å². The van der Waals surface area contributed by atoms with Crippen LogP contribution in [0.25, 0.3) is 0 Å². The molecule has 1 aliphatic heterocycles. The number of hydrogen-bond donors (Lipinski definition) is 2. The summed E-state index contributed by atoms with van der Waals surface area (Å²) in [5.41, 5.74) is -0.552. The molecule has 1 amide bonds. The number of aliphatic hydroxyl groups excluding tert-OH is 1. The highest BCUT2D eigenvalue weighted by Crippen LogP contribution is 2.66. The van der Waals surface area contributed by atoms with Crippen molar-refractivity contribution in [2.45, 2.75) is 39.2 Å². The number of nitrogens with one attached hydrogen (secondary N) is 1. The molecule has 4 heteroatoms. The maximum absolute atomic E-state index is 12.9. The molecule has 0 spiro atoms. The molecule has 3 rings (SSSR count). The number of amides is 1. The Labute approximate surface area is 109 Å². The van der Waals surface area contributed by atoms with Crippen molar-refractivity contribution in [2.24, 2.45) is 16.7 Å². The Kier molecular flexibility index (Phi) is 2.72. The van der Waals surface area contributed by atoms with Crippen molar-refractivity contribution in [1.82, 2.24) is 10.2 Å². The SMILES string of the molecule is CC1(C)[C@@H]2CC[C@@]1(C(=O)N1CCNCC1)[C@H](O)C2. The van der Waals surface area contributed by atoms with E-state index in [2.05, 4.69) is 19.2 Å². The second-order valence-electron chi connectivity index (χ2n) is 6.72. The number of carbonyl (C=O) groups excluding carboxylic acids is 1. The van der Waals surface area contributed by atoms with Crippen LogP contribution in [0, 0.1) is 16.7 Å². The smallest absolute Gasteiger partial charge is 0.232 e. The Morgan fingerprint density at radius 2 is 2.00 bits per heavy atom. The summed E-state index contributed by atoms with van der Waals surface area (Å²) in [5.74, 6) is 0.723. The van der Waals surface area contributed by atoms with Gasteiger partial charge >= 0.3 is 0 Å². The predicted octanol–water partition coefficient (Wildman–Crippen LogP) is 0.605. The average molecular weight is 252 g/mol. The van der Waals surface area contributed by atoms with Crippen LogP contribution in [0.5, 0.6) is 0 Å². The van der Waals surface area contributed by atoms with E-state index in [9.17, 15) is 9.90 Å². The Hall–Kier alpha value is -0.610. The van der Waals surface area contributed by atoms with Crippen molar-refractivity contribution in [3.05, 3.63) is 0 Å². The molecule has 0 aromatic heterocycles. The molecular weight excluding hydrogens is 228 g/mol. The van der Waals surface area contributed by atoms with Crippen molar-refractivity contribution in [3.8, 4) is 0 Å². The van der Waals surface area contributed by atoms with Crippen LogP contribution in [0.15, 0.2) is 0 Å². The third-order valence-electron chi connectivity index (χ3n) is 5.92. The van der Waals surface area contributed by atoms with Crippen LogP contribution in [0.1, 0.15) is 33.1 Å². The lowest BCUT2D eigenvalue weighted by Crippen LogP contribution is -2.57. The first-order valence-electron chi connectivity index (χ1n) is 7.18. The molecule has 3 atom stereocenters. The maximum atomic E-state index is 12.9. The number of rotatable bonds is 1. The van der Waals surface area contributed by atoms with Crippen molar-refractivity contribution in [1.29, 1.82) is 0 Å². The normalized spacial score (nSPS) is 42.3. The van der Waals surface area contributed by atoms with Crippen molar-refractivity contribution in [3.63, 3.8) is 0 Å². The first-order valence-corrected chi connectivity index (χ1v) is 7.18. The first kappa shape index (κ1) is 12.4. The van der Waals surface area contributed by atoms with Gasteiger partial charge in [-0.3, -0.25) is 4.79 Å². The van der Waals surface area contributed by atoms with Crippen LogP contribution in [-0.4, -0.2) is 48.2 Å². The molecule has 1 heterocycles. The maximum Gasteiger partial charge on any atom is 0.232 e. The van der Waals surface area contributed by atoms with Crippen LogP contribution in [0.2, 0.25) is 0 Å². The van der Waals surface area contributed by atoms with Crippen molar-refractivity contribution < 1.29 is 9.90 Å². The Bertz CT molecular complexity index is 363. The second-order valence-corrected chi connectivity index (χ2v) is 6.72. The van der Waals surface area contributed by atoms with Gasteiger partial charge in [0.1, 0.15) is 0 Å². The molecule has 0 unspecified atom stereocenters. The largest absolute Gasteiger partial charge is 0.392 e. The van der Waals surface area contributed by atoms with Gasteiger partial charge in [0.25, 0.3) is 0 Å². The number of nitrogens with zero attached hydrogens (tertiary/aromatic N) is 1. The standard InChI is InChI=1S/C14H24N2O2/c1-13(2)10-3-4-14(13,11(17)9-10)12(18)16-7-5-15-6-8-16/h10-11,15,17H,3-9H2,1-2H3/t10-,11-,14+/m1/s1. The van der Waals surface area contributed by atoms with Gasteiger partial charge in [0, 0.05) is 26.2 Å². The lowest BCUT2D eigenvalue weighted by Gasteiger charge is -2.43. The van der Waals surface area contributed by atoms with E-state index in [-0.39, 0.29) is 11.3 Å². The Balaban J connectivity index is 1.91. The molecule has 3 fully saturated rings. The first-order chi connectivity index (χ1) is 8.50. The molecular formula is C14H24N2O2. The lowest BCUT2D eigenvalue weighted by atomic mass is 9.67. The summed E-state index contributed by atoms with van der Waals surface area (Å²) in [6, 6.07) is 0. The van der Waals surface area contributed by atoms with Gasteiger partial charge in [0.05, 0.1) is 11.5 Å². The number of fused-ring (bicyclic) bond motifs is 2. The number of carbonyl (C=O) groups is 1. The van der Waals surface area contributed by atoms with Crippen LogP contribution in [0.4, 0.5) is 0 Å². The fourth-order valence-electron chi connectivity index (χ4n) is 4.60. The monoisotopic (exact) mass is 252 g/mol. The summed E-state index contributed by atoms with van der Waals surface area (Å²) >= 11 is 0. The van der Waals surface area contributed by atoms with Gasteiger partial charge in [0.15, 0.2) is 0 Å². The van der Waals surface area contributed by atoms with Gasteiger partial charge < -0.3 is 15.3 Å². The average Bonchev–Trinajstić information content (AvgIpc) is 2.73. The van der Waals surface area contributed by atoms with E-state index in [1.54, 1.807) is 0 Å². The summed E-state index contributed by atoms with van der Waals surface area (Å²) in [7, 11) is 0. The van der Waals surface area contributed by atoms with Gasteiger partial charge in [-0.1, -0.05) is 13.8 Å². The van der Waals surface area contributed by atoms with Crippen LogP contribution in [-0.2, 0) is 4.79 Å². The Morgan fingerprint density at radius 1 is 1.33 bits per heavy atom. The van der Waals surface area contributed by atoms with Crippen molar-refractivity contribution in [2.75, 3.05) is 26.2 Å². The molecule has 2 N–H and O–H groups in total. The third kappa shape index (κ3) is 1.36. The molecule has 18 heavy (non-hydrogen) atoms. The third-order valence-corrected chi connectivity index (χ3v) is 5.92. The number of aliphatic hydroxyl groups is 1. The molecule has 3 aliphatic rings. The van der Waals surface area contributed by atoms with Crippen LogP contribution >= 0.6 is 0 Å². The molecule has 4 nitrogen and oxygen atoms in total. The van der Waals surface area contributed by atoms with Gasteiger partial charge in [-0.05, 0) is 30.6 Å². The van der Waals surface area contributed by atoms with E-state index in [0.29, 0.717) is 5.92 Å². The van der Waals surface area contributed by atoms with E-state index < -0.39 is 11.5 Å². The molecule has 2 bridgehead atoms. The topological polar surface area (TPSA) is 52.6 Å². The zero-order valence-electron chi connectivity index (χ0n) is 11.4. The van der Waals surface area contributed by atoms with Gasteiger partial charge in [0.2, 0.25) is 5.91 Å². The number of piperazine rings is 1. The zero-order chi connectivity index (χ0) is 13.0. The molecule has 2 aliphatic carbocycles. The van der Waals surface area contributed by atoms with E-state index in [4.69, 9.17) is 0 Å². The van der Waals surface area contributed by atoms with Gasteiger partial charge in [-0.25, -0.2) is 0 Å². The fourth-order valence-corrected chi connectivity index (χ4v) is 4.60. The highest BCUT2D eigenvalue weighted by Gasteiger charge is 2.68. The van der Waals surface area contributed by atoms with E-state index in [1.165, 1.54) is 0 Å². The van der Waals surface area contributed by atoms with Gasteiger partial charge in [-0.15, -0.1) is 0 Å². The second kappa shape index (κ2) is 3.94. The summed E-state index contributed by atoms with van der Waals surface area (Å²) in [4.78, 5) is 14.9. The quantitative estimate of drug-likeness (QED) is 0.719. The minimum absolute atomic E-state index is 0.0472. The van der Waals surface area contributed by atoms with Crippen molar-refractivity contribution >= 4 is 5.91 Å². The predicted molar refractivity (Wildman–Crippen MR) is 69.0 cm³/mol. The fraction of sp³-hybridized carbons (Fsp3) is 0.929. The summed E-state index contributed by atoms with van der Waals surface area (Å²) < 4.78 is 0. The lowest BCUT2D eigenvalue weighted by molar-refractivity contribution is -0.155. The Morgan fingerprint density at radius 3 is 2.50 bits per heavy atom. The van der Waals surface area contributed by atoms with E-state index >= 15 is 0 Å². The molecule has 102 valence electrons. The van der Waals surface area contributed by atoms with E-state index in [1.807, 2.05) is 4.90 Å². The highest BCUT2D eigenvalue weighted by molar-refractivity contribution is 5.85. The molecule has 1 saturated heterocycles. The summed E-state index contributed by atoms with van der Waals surface area (Å²) in [6.07, 6.45) is 2.34. The zero-order valence-corrected chi connectivity index (χ0v) is 11.4.